The Morgan fingerprint density at radius 2 is 2.10 bits per heavy atom. The molecule has 0 aromatic carbocycles. The summed E-state index contributed by atoms with van der Waals surface area (Å²) in [5.74, 6) is 0.168. The summed E-state index contributed by atoms with van der Waals surface area (Å²) < 4.78 is 0. The average Bonchev–Trinajstić information content (AvgIpc) is 2.85. The largest absolute Gasteiger partial charge is 0.409 e. The number of carbonyl (C=O) groups is 1. The van der Waals surface area contributed by atoms with Gasteiger partial charge < -0.3 is 15.8 Å². The molecule has 1 aliphatic heterocycles. The smallest absolute Gasteiger partial charge is 0.265 e. The van der Waals surface area contributed by atoms with Crippen molar-refractivity contribution < 1.29 is 10.0 Å². The van der Waals surface area contributed by atoms with Crippen LogP contribution in [-0.4, -0.2) is 59.0 Å². The standard InChI is InChI=1S/C13H19ClN4O2S/c1-8-7-21-11(10(8)14)13(19)18-5-3-17(4-6-18)9(2)12(15)16-20/h7,9,20H,3-6H2,1-2H3,(H2,15,16). The van der Waals surface area contributed by atoms with E-state index in [2.05, 4.69) is 10.1 Å². The van der Waals surface area contributed by atoms with Gasteiger partial charge in [-0.25, -0.2) is 0 Å². The van der Waals surface area contributed by atoms with Crippen molar-refractivity contribution in [1.82, 2.24) is 9.80 Å². The Balaban J connectivity index is 1.98. The molecule has 0 spiro atoms. The molecule has 116 valence electrons. The number of hydrogen-bond donors (Lipinski definition) is 2. The van der Waals surface area contributed by atoms with E-state index >= 15 is 0 Å². The summed E-state index contributed by atoms with van der Waals surface area (Å²) >= 11 is 7.54. The molecule has 2 heterocycles. The van der Waals surface area contributed by atoms with Crippen molar-refractivity contribution in [2.45, 2.75) is 19.9 Å². The molecule has 0 bridgehead atoms. The fourth-order valence-corrected chi connectivity index (χ4v) is 3.54. The molecule has 21 heavy (non-hydrogen) atoms. The lowest BCUT2D eigenvalue weighted by atomic mass is 10.2. The topological polar surface area (TPSA) is 82.2 Å². The second-order valence-electron chi connectivity index (χ2n) is 5.09. The van der Waals surface area contributed by atoms with Gasteiger partial charge in [0.1, 0.15) is 4.88 Å². The lowest BCUT2D eigenvalue weighted by Gasteiger charge is -2.37. The van der Waals surface area contributed by atoms with Gasteiger partial charge in [0, 0.05) is 26.2 Å². The molecule has 6 nitrogen and oxygen atoms in total. The van der Waals surface area contributed by atoms with E-state index in [1.54, 1.807) is 4.90 Å². The Bertz CT molecular complexity index is 552. The van der Waals surface area contributed by atoms with E-state index < -0.39 is 0 Å². The molecule has 1 unspecified atom stereocenters. The third-order valence-corrected chi connectivity index (χ3v) is 5.47. The quantitative estimate of drug-likeness (QED) is 0.382. The van der Waals surface area contributed by atoms with E-state index in [-0.39, 0.29) is 17.8 Å². The van der Waals surface area contributed by atoms with E-state index in [0.29, 0.717) is 36.1 Å². The first-order chi connectivity index (χ1) is 9.95. The average molecular weight is 331 g/mol. The number of thiophene rings is 1. The van der Waals surface area contributed by atoms with Gasteiger partial charge in [0.25, 0.3) is 5.91 Å². The maximum absolute atomic E-state index is 12.4. The van der Waals surface area contributed by atoms with Gasteiger partial charge in [-0.1, -0.05) is 16.8 Å². The number of piperazine rings is 1. The van der Waals surface area contributed by atoms with Crippen molar-refractivity contribution in [3.05, 3.63) is 20.8 Å². The summed E-state index contributed by atoms with van der Waals surface area (Å²) in [4.78, 5) is 16.9. The zero-order valence-electron chi connectivity index (χ0n) is 12.0. The number of halogens is 1. The first-order valence-corrected chi connectivity index (χ1v) is 7.95. The number of aryl methyl sites for hydroxylation is 1. The van der Waals surface area contributed by atoms with Crippen LogP contribution in [0.15, 0.2) is 10.5 Å². The fraction of sp³-hybridized carbons (Fsp3) is 0.538. The van der Waals surface area contributed by atoms with Crippen molar-refractivity contribution in [3.63, 3.8) is 0 Å². The molecule has 1 fully saturated rings. The summed E-state index contributed by atoms with van der Waals surface area (Å²) in [7, 11) is 0. The number of amidine groups is 1. The van der Waals surface area contributed by atoms with Crippen LogP contribution in [-0.2, 0) is 0 Å². The highest BCUT2D eigenvalue weighted by Crippen LogP contribution is 2.28. The predicted molar refractivity (Wildman–Crippen MR) is 84.4 cm³/mol. The van der Waals surface area contributed by atoms with Crippen LogP contribution in [0.3, 0.4) is 0 Å². The molecule has 0 saturated carbocycles. The summed E-state index contributed by atoms with van der Waals surface area (Å²) in [6.45, 7) is 6.36. The van der Waals surface area contributed by atoms with Crippen LogP contribution in [0.25, 0.3) is 0 Å². The van der Waals surface area contributed by atoms with E-state index in [9.17, 15) is 4.79 Å². The summed E-state index contributed by atoms with van der Waals surface area (Å²) in [6.07, 6.45) is 0. The SMILES string of the molecule is Cc1csc(C(=O)N2CCN(C(C)/C(N)=N/O)CC2)c1Cl. The van der Waals surface area contributed by atoms with Gasteiger partial charge in [-0.15, -0.1) is 11.3 Å². The minimum atomic E-state index is -0.139. The molecule has 1 aromatic rings. The van der Waals surface area contributed by atoms with Gasteiger partial charge >= 0.3 is 0 Å². The molecule has 8 heteroatoms. The molecule has 1 atom stereocenters. The summed E-state index contributed by atoms with van der Waals surface area (Å²) in [5.41, 5.74) is 6.55. The normalized spacial score (nSPS) is 18.8. The molecule has 1 aromatic heterocycles. The first-order valence-electron chi connectivity index (χ1n) is 6.70. The van der Waals surface area contributed by atoms with Crippen molar-refractivity contribution in [2.75, 3.05) is 26.2 Å². The molecule has 0 radical (unpaired) electrons. The van der Waals surface area contributed by atoms with Crippen LogP contribution in [0.4, 0.5) is 0 Å². The monoisotopic (exact) mass is 330 g/mol. The van der Waals surface area contributed by atoms with Crippen LogP contribution < -0.4 is 5.73 Å². The summed E-state index contributed by atoms with van der Waals surface area (Å²) in [6, 6.07) is -0.139. The number of oxime groups is 1. The molecule has 2 rings (SSSR count). The molecule has 1 amide bonds. The molecule has 1 aliphatic rings. The maximum Gasteiger partial charge on any atom is 0.265 e. The van der Waals surface area contributed by atoms with Gasteiger partial charge in [-0.2, -0.15) is 0 Å². The van der Waals surface area contributed by atoms with Gasteiger partial charge in [-0.3, -0.25) is 9.69 Å². The zero-order chi connectivity index (χ0) is 15.6. The predicted octanol–water partition coefficient (Wildman–Crippen LogP) is 1.60. The minimum absolute atomic E-state index is 0.0193. The maximum atomic E-state index is 12.4. The Hall–Kier alpha value is -1.31. The Morgan fingerprint density at radius 3 is 2.57 bits per heavy atom. The third kappa shape index (κ3) is 3.30. The van der Waals surface area contributed by atoms with Crippen molar-refractivity contribution in [3.8, 4) is 0 Å². The van der Waals surface area contributed by atoms with Gasteiger partial charge in [0.05, 0.1) is 11.1 Å². The zero-order valence-corrected chi connectivity index (χ0v) is 13.6. The van der Waals surface area contributed by atoms with Gasteiger partial charge in [0.2, 0.25) is 0 Å². The fourth-order valence-electron chi connectivity index (χ4n) is 2.30. The first kappa shape index (κ1) is 16.1. The van der Waals surface area contributed by atoms with Crippen LogP contribution in [0.5, 0.6) is 0 Å². The highest BCUT2D eigenvalue weighted by Gasteiger charge is 2.28. The lowest BCUT2D eigenvalue weighted by molar-refractivity contribution is 0.0623. The Morgan fingerprint density at radius 1 is 1.48 bits per heavy atom. The highest BCUT2D eigenvalue weighted by molar-refractivity contribution is 7.13. The number of amides is 1. The van der Waals surface area contributed by atoms with Crippen molar-refractivity contribution in [1.29, 1.82) is 0 Å². The third-order valence-electron chi connectivity index (χ3n) is 3.79. The van der Waals surface area contributed by atoms with Crippen molar-refractivity contribution >= 4 is 34.7 Å². The molecular formula is C13H19ClN4O2S. The van der Waals surface area contributed by atoms with Gasteiger partial charge in [0.15, 0.2) is 5.84 Å². The van der Waals surface area contributed by atoms with E-state index in [1.165, 1.54) is 11.3 Å². The van der Waals surface area contributed by atoms with E-state index in [4.69, 9.17) is 22.5 Å². The van der Waals surface area contributed by atoms with E-state index in [1.807, 2.05) is 19.2 Å². The van der Waals surface area contributed by atoms with Crippen LogP contribution in [0.2, 0.25) is 5.02 Å². The second kappa shape index (κ2) is 6.64. The summed E-state index contributed by atoms with van der Waals surface area (Å²) in [5, 5.41) is 14.2. The molecular weight excluding hydrogens is 312 g/mol. The highest BCUT2D eigenvalue weighted by atomic mass is 35.5. The van der Waals surface area contributed by atoms with Gasteiger partial charge in [-0.05, 0) is 24.8 Å². The molecule has 0 aliphatic carbocycles. The number of carbonyl (C=O) groups excluding carboxylic acids is 1. The Labute approximate surface area is 132 Å². The van der Waals surface area contributed by atoms with Crippen LogP contribution in [0, 0.1) is 6.92 Å². The molecule has 3 N–H and O–H groups in total. The van der Waals surface area contributed by atoms with E-state index in [0.717, 1.165) is 5.56 Å². The minimum Gasteiger partial charge on any atom is -0.409 e. The van der Waals surface area contributed by atoms with Crippen molar-refractivity contribution in [2.24, 2.45) is 10.9 Å². The second-order valence-corrected chi connectivity index (χ2v) is 6.35. The molecule has 1 saturated heterocycles. The van der Waals surface area contributed by atoms with Crippen LogP contribution in [0.1, 0.15) is 22.2 Å². The number of rotatable bonds is 3. The lowest BCUT2D eigenvalue weighted by Crippen LogP contribution is -2.54. The number of hydrogen-bond acceptors (Lipinski definition) is 5. The number of nitrogens with two attached hydrogens (primary N) is 1. The van der Waals surface area contributed by atoms with Crippen LogP contribution >= 0.6 is 22.9 Å². The number of nitrogens with zero attached hydrogens (tertiary/aromatic N) is 3. The Kier molecular flexibility index (Phi) is 5.08.